The van der Waals surface area contributed by atoms with Crippen LogP contribution < -0.4 is 9.04 Å². The van der Waals surface area contributed by atoms with Crippen molar-refractivity contribution in [1.29, 1.82) is 0 Å². The van der Waals surface area contributed by atoms with Gasteiger partial charge in [0.15, 0.2) is 0 Å². The van der Waals surface area contributed by atoms with Gasteiger partial charge < -0.3 is 9.47 Å². The van der Waals surface area contributed by atoms with Crippen molar-refractivity contribution < 1.29 is 22.7 Å². The van der Waals surface area contributed by atoms with Gasteiger partial charge in [-0.25, -0.2) is 8.42 Å². The molecule has 0 amide bonds. The number of carbonyl (C=O) groups is 1. The highest BCUT2D eigenvalue weighted by molar-refractivity contribution is 7.92. The van der Waals surface area contributed by atoms with Gasteiger partial charge in [-0.05, 0) is 36.4 Å². The zero-order valence-electron chi connectivity index (χ0n) is 13.7. The fourth-order valence-electron chi connectivity index (χ4n) is 2.07. The average molecular weight is 439 g/mol. The fraction of sp³-hybridized carbons (Fsp3) is 0.188. The van der Waals surface area contributed by atoms with Gasteiger partial charge in [-0.3, -0.25) is 9.10 Å². The van der Waals surface area contributed by atoms with Crippen molar-refractivity contribution in [2.45, 2.75) is 4.90 Å². The minimum Gasteiger partial charge on any atom is -0.495 e. The van der Waals surface area contributed by atoms with E-state index in [4.69, 9.17) is 39.5 Å². The van der Waals surface area contributed by atoms with Gasteiger partial charge in [0.25, 0.3) is 10.0 Å². The van der Waals surface area contributed by atoms with E-state index >= 15 is 0 Å². The molecule has 2 rings (SSSR count). The first-order chi connectivity index (χ1) is 12.2. The molecule has 140 valence electrons. The van der Waals surface area contributed by atoms with E-state index in [1.54, 1.807) is 0 Å². The highest BCUT2D eigenvalue weighted by Gasteiger charge is 2.28. The SMILES string of the molecule is COC(=O)CN(c1ccc(Cl)c(Cl)c1)S(=O)(=O)c1ccc(OC)c(Cl)c1. The predicted octanol–water partition coefficient (Wildman–Crippen LogP) is 4.02. The molecule has 0 fully saturated rings. The van der Waals surface area contributed by atoms with Crippen LogP contribution in [0.5, 0.6) is 5.75 Å². The van der Waals surface area contributed by atoms with E-state index in [1.807, 2.05) is 0 Å². The van der Waals surface area contributed by atoms with Crippen LogP contribution in [0.25, 0.3) is 0 Å². The number of methoxy groups -OCH3 is 2. The van der Waals surface area contributed by atoms with Crippen LogP contribution in [0.1, 0.15) is 0 Å². The van der Waals surface area contributed by atoms with Crippen molar-refractivity contribution in [3.05, 3.63) is 51.5 Å². The molecule has 0 N–H and O–H groups in total. The molecule has 2 aromatic carbocycles. The topological polar surface area (TPSA) is 72.9 Å². The third-order valence-corrected chi connectivity index (χ3v) is 6.21. The van der Waals surface area contributed by atoms with E-state index in [9.17, 15) is 13.2 Å². The van der Waals surface area contributed by atoms with Gasteiger partial charge in [0, 0.05) is 0 Å². The molecule has 0 heterocycles. The maximum absolute atomic E-state index is 13.1. The van der Waals surface area contributed by atoms with Crippen LogP contribution in [0.4, 0.5) is 5.69 Å². The summed E-state index contributed by atoms with van der Waals surface area (Å²) in [4.78, 5) is 11.6. The summed E-state index contributed by atoms with van der Waals surface area (Å²) >= 11 is 17.9. The number of ether oxygens (including phenoxy) is 2. The number of rotatable bonds is 6. The monoisotopic (exact) mass is 437 g/mol. The van der Waals surface area contributed by atoms with Crippen LogP contribution in [0.3, 0.4) is 0 Å². The van der Waals surface area contributed by atoms with E-state index in [0.29, 0.717) is 5.75 Å². The highest BCUT2D eigenvalue weighted by Crippen LogP contribution is 2.33. The normalized spacial score (nSPS) is 11.1. The van der Waals surface area contributed by atoms with Crippen LogP contribution in [-0.4, -0.2) is 35.2 Å². The first kappa shape index (κ1) is 20.6. The van der Waals surface area contributed by atoms with Gasteiger partial charge in [-0.15, -0.1) is 0 Å². The minimum atomic E-state index is -4.15. The summed E-state index contributed by atoms with van der Waals surface area (Å²) in [5, 5.41) is 0.501. The van der Waals surface area contributed by atoms with Crippen LogP contribution in [0, 0.1) is 0 Å². The molecule has 0 bridgehead atoms. The Balaban J connectivity index is 2.57. The van der Waals surface area contributed by atoms with E-state index < -0.39 is 22.5 Å². The molecule has 2 aromatic rings. The summed E-state index contributed by atoms with van der Waals surface area (Å²) in [6, 6.07) is 8.18. The van der Waals surface area contributed by atoms with Crippen molar-refractivity contribution in [2.75, 3.05) is 25.1 Å². The molecule has 10 heteroatoms. The second-order valence-electron chi connectivity index (χ2n) is 4.98. The summed E-state index contributed by atoms with van der Waals surface area (Å²) in [7, 11) is -1.58. The lowest BCUT2D eigenvalue weighted by Gasteiger charge is -2.24. The molecular formula is C16H14Cl3NO5S. The van der Waals surface area contributed by atoms with Gasteiger partial charge in [0.1, 0.15) is 12.3 Å². The first-order valence-electron chi connectivity index (χ1n) is 7.09. The molecule has 0 atom stereocenters. The summed E-state index contributed by atoms with van der Waals surface area (Å²) in [5.74, 6) is -0.432. The number of hydrogen-bond acceptors (Lipinski definition) is 5. The van der Waals surface area contributed by atoms with Crippen molar-refractivity contribution in [3.8, 4) is 5.75 Å². The van der Waals surface area contributed by atoms with Crippen molar-refractivity contribution in [3.63, 3.8) is 0 Å². The minimum absolute atomic E-state index is 0.112. The Morgan fingerprint density at radius 1 is 1.00 bits per heavy atom. The van der Waals surface area contributed by atoms with E-state index in [0.717, 1.165) is 11.4 Å². The number of anilines is 1. The second kappa shape index (κ2) is 8.35. The first-order valence-corrected chi connectivity index (χ1v) is 9.66. The Bertz CT molecular complexity index is 933. The quantitative estimate of drug-likeness (QED) is 0.637. The third-order valence-electron chi connectivity index (χ3n) is 3.40. The Hall–Kier alpha value is -1.67. The lowest BCUT2D eigenvalue weighted by Crippen LogP contribution is -2.36. The van der Waals surface area contributed by atoms with Crippen LogP contribution in [-0.2, 0) is 19.6 Å². The molecule has 0 aliphatic heterocycles. The Morgan fingerprint density at radius 3 is 2.23 bits per heavy atom. The third kappa shape index (κ3) is 4.35. The number of hydrogen-bond donors (Lipinski definition) is 0. The van der Waals surface area contributed by atoms with E-state index in [-0.39, 0.29) is 25.7 Å². The maximum atomic E-state index is 13.1. The number of esters is 1. The number of benzene rings is 2. The fourth-order valence-corrected chi connectivity index (χ4v) is 4.11. The molecule has 0 spiro atoms. The Labute approximate surface area is 166 Å². The zero-order valence-corrected chi connectivity index (χ0v) is 16.8. The highest BCUT2D eigenvalue weighted by atomic mass is 35.5. The predicted molar refractivity (Wildman–Crippen MR) is 101 cm³/mol. The van der Waals surface area contributed by atoms with Gasteiger partial charge in [0.05, 0.1) is 39.9 Å². The summed E-state index contributed by atoms with van der Waals surface area (Å²) in [5.41, 5.74) is 0.150. The molecule has 0 aliphatic rings. The number of nitrogens with zero attached hydrogens (tertiary/aromatic N) is 1. The van der Waals surface area contributed by atoms with E-state index in [2.05, 4.69) is 4.74 Å². The molecule has 0 unspecified atom stereocenters. The van der Waals surface area contributed by atoms with Crippen LogP contribution >= 0.6 is 34.8 Å². The molecule has 0 saturated heterocycles. The molecule has 0 aliphatic carbocycles. The largest absolute Gasteiger partial charge is 0.495 e. The van der Waals surface area contributed by atoms with Crippen LogP contribution in [0.2, 0.25) is 15.1 Å². The number of sulfonamides is 1. The van der Waals surface area contributed by atoms with Gasteiger partial charge >= 0.3 is 5.97 Å². The Kier molecular flexibility index (Phi) is 6.63. The van der Waals surface area contributed by atoms with Gasteiger partial charge in [0.2, 0.25) is 0 Å². The van der Waals surface area contributed by atoms with Crippen molar-refractivity contribution in [2.24, 2.45) is 0 Å². The number of carbonyl (C=O) groups excluding carboxylic acids is 1. The van der Waals surface area contributed by atoms with Crippen molar-refractivity contribution in [1.82, 2.24) is 0 Å². The summed E-state index contributed by atoms with van der Waals surface area (Å²) in [6.45, 7) is -0.555. The molecule has 0 aromatic heterocycles. The summed E-state index contributed by atoms with van der Waals surface area (Å²) in [6.07, 6.45) is 0. The second-order valence-corrected chi connectivity index (χ2v) is 8.07. The van der Waals surface area contributed by atoms with Crippen LogP contribution in [0.15, 0.2) is 41.3 Å². The van der Waals surface area contributed by atoms with Gasteiger partial charge in [-0.2, -0.15) is 0 Å². The molecule has 0 radical (unpaired) electrons. The lowest BCUT2D eigenvalue weighted by molar-refractivity contribution is -0.138. The molecule has 26 heavy (non-hydrogen) atoms. The van der Waals surface area contributed by atoms with Gasteiger partial charge in [-0.1, -0.05) is 34.8 Å². The number of halogens is 3. The smallest absolute Gasteiger partial charge is 0.326 e. The lowest BCUT2D eigenvalue weighted by atomic mass is 10.3. The molecule has 6 nitrogen and oxygen atoms in total. The molecule has 0 saturated carbocycles. The standard InChI is InChI=1S/C16H14Cl3NO5S/c1-24-15-6-4-11(8-14(15)19)26(22,23)20(9-16(21)25-2)10-3-5-12(17)13(18)7-10/h3-8H,9H2,1-2H3. The zero-order chi connectivity index (χ0) is 19.5. The maximum Gasteiger partial charge on any atom is 0.326 e. The summed E-state index contributed by atoms with van der Waals surface area (Å²) < 4.78 is 36.6. The van der Waals surface area contributed by atoms with E-state index in [1.165, 1.54) is 43.5 Å². The Morgan fingerprint density at radius 2 is 1.69 bits per heavy atom. The van der Waals surface area contributed by atoms with Crippen molar-refractivity contribution >= 4 is 56.5 Å². The average Bonchev–Trinajstić information content (AvgIpc) is 2.61. The molecular weight excluding hydrogens is 425 g/mol.